The van der Waals surface area contributed by atoms with E-state index < -0.39 is 0 Å². The first-order chi connectivity index (χ1) is 15.1. The van der Waals surface area contributed by atoms with E-state index in [4.69, 9.17) is 0 Å². The molecule has 31 heavy (non-hydrogen) atoms. The number of carbonyl (C=O) groups is 2. The zero-order valence-electron chi connectivity index (χ0n) is 17.2. The predicted octanol–water partition coefficient (Wildman–Crippen LogP) is 2.97. The molecule has 1 amide bonds. The van der Waals surface area contributed by atoms with Crippen LogP contribution in [0.2, 0.25) is 0 Å². The van der Waals surface area contributed by atoms with Gasteiger partial charge in [0.25, 0.3) is 0 Å². The van der Waals surface area contributed by atoms with Crippen molar-refractivity contribution in [2.24, 2.45) is 5.92 Å². The number of aromatic nitrogens is 3. The number of nitrogens with one attached hydrogen (secondary N) is 1. The number of halogens is 1. The van der Waals surface area contributed by atoms with E-state index in [9.17, 15) is 14.0 Å². The molecule has 160 valence electrons. The molecule has 0 atom stereocenters. The molecule has 0 radical (unpaired) electrons. The van der Waals surface area contributed by atoms with Gasteiger partial charge >= 0.3 is 0 Å². The van der Waals surface area contributed by atoms with Crippen molar-refractivity contribution in [3.63, 3.8) is 0 Å². The summed E-state index contributed by atoms with van der Waals surface area (Å²) >= 11 is 0. The maximum atomic E-state index is 13.0. The minimum absolute atomic E-state index is 0.100. The molecule has 8 heteroatoms. The minimum Gasteiger partial charge on any atom is -0.352 e. The molecule has 1 aliphatic carbocycles. The lowest BCUT2D eigenvalue weighted by atomic mass is 10.1. The lowest BCUT2D eigenvalue weighted by molar-refractivity contribution is -0.131. The van der Waals surface area contributed by atoms with Crippen molar-refractivity contribution in [3.05, 3.63) is 53.7 Å². The average molecular weight is 421 g/mol. The molecule has 0 unspecified atom stereocenters. The summed E-state index contributed by atoms with van der Waals surface area (Å²) in [5, 5.41) is 0.787. The first-order valence-corrected chi connectivity index (χ1v) is 10.7. The lowest BCUT2D eigenvalue weighted by Crippen LogP contribution is -2.49. The van der Waals surface area contributed by atoms with Crippen LogP contribution in [0.1, 0.15) is 35.2 Å². The second-order valence-corrected chi connectivity index (χ2v) is 8.26. The van der Waals surface area contributed by atoms with Crippen LogP contribution in [0.25, 0.3) is 11.0 Å². The van der Waals surface area contributed by atoms with Gasteiger partial charge in [-0.25, -0.2) is 14.4 Å². The molecule has 0 bridgehead atoms. The van der Waals surface area contributed by atoms with Crippen molar-refractivity contribution in [1.29, 1.82) is 0 Å². The van der Waals surface area contributed by atoms with Crippen LogP contribution in [0.5, 0.6) is 0 Å². The van der Waals surface area contributed by atoms with E-state index in [0.29, 0.717) is 50.2 Å². The number of ketones is 1. The fourth-order valence-electron chi connectivity index (χ4n) is 4.17. The van der Waals surface area contributed by atoms with Crippen molar-refractivity contribution in [1.82, 2.24) is 19.9 Å². The van der Waals surface area contributed by atoms with Gasteiger partial charge in [0, 0.05) is 50.3 Å². The van der Waals surface area contributed by atoms with Crippen LogP contribution in [0.4, 0.5) is 10.2 Å². The Labute approximate surface area is 179 Å². The standard InChI is InChI=1S/C23H24FN5O2/c24-17-6-1-15(2-7-17)3-8-19(30)28-9-11-29(12-10-28)23-20-18(21(31)16-4-5-16)13-25-22(20)26-14-27-23/h1-2,6-7,13-14,16H,3-5,8-12H2,(H,25,26,27). The Bertz CT molecular complexity index is 1110. The molecule has 1 aromatic carbocycles. The van der Waals surface area contributed by atoms with Crippen LogP contribution in [-0.4, -0.2) is 57.7 Å². The fourth-order valence-corrected chi connectivity index (χ4v) is 4.17. The van der Waals surface area contributed by atoms with E-state index >= 15 is 0 Å². The number of benzene rings is 1. The number of H-pyrrole nitrogens is 1. The van der Waals surface area contributed by atoms with Crippen LogP contribution in [-0.2, 0) is 11.2 Å². The van der Waals surface area contributed by atoms with E-state index in [1.54, 1.807) is 18.3 Å². The molecule has 1 saturated carbocycles. The normalized spacial score (nSPS) is 16.7. The summed E-state index contributed by atoms with van der Waals surface area (Å²) in [6, 6.07) is 6.28. The lowest BCUT2D eigenvalue weighted by Gasteiger charge is -2.35. The SMILES string of the molecule is O=C(c1c[nH]c2ncnc(N3CCN(C(=O)CCc4ccc(F)cc4)CC3)c12)C1CC1. The second kappa shape index (κ2) is 8.09. The van der Waals surface area contributed by atoms with Crippen molar-refractivity contribution in [3.8, 4) is 0 Å². The smallest absolute Gasteiger partial charge is 0.223 e. The zero-order valence-corrected chi connectivity index (χ0v) is 17.2. The molecule has 0 spiro atoms. The topological polar surface area (TPSA) is 82.2 Å². The highest BCUT2D eigenvalue weighted by molar-refractivity contribution is 6.12. The fraction of sp³-hybridized carbons (Fsp3) is 0.391. The van der Waals surface area contributed by atoms with Gasteiger partial charge in [-0.3, -0.25) is 9.59 Å². The minimum atomic E-state index is -0.269. The number of fused-ring (bicyclic) bond motifs is 1. The Morgan fingerprint density at radius 3 is 2.52 bits per heavy atom. The molecule has 3 heterocycles. The number of hydrogen-bond acceptors (Lipinski definition) is 5. The maximum absolute atomic E-state index is 13.0. The molecule has 7 nitrogen and oxygen atoms in total. The van der Waals surface area contributed by atoms with E-state index in [0.717, 1.165) is 29.6 Å². The number of aromatic amines is 1. The van der Waals surface area contributed by atoms with Crippen LogP contribution < -0.4 is 4.90 Å². The summed E-state index contributed by atoms with van der Waals surface area (Å²) in [6.45, 7) is 2.50. The largest absolute Gasteiger partial charge is 0.352 e. The van der Waals surface area contributed by atoms with Gasteiger partial charge < -0.3 is 14.8 Å². The van der Waals surface area contributed by atoms with Gasteiger partial charge in [-0.05, 0) is 37.0 Å². The van der Waals surface area contributed by atoms with Gasteiger partial charge in [0.2, 0.25) is 5.91 Å². The van der Waals surface area contributed by atoms with Crippen molar-refractivity contribution in [2.75, 3.05) is 31.1 Å². The molecular weight excluding hydrogens is 397 g/mol. The number of rotatable bonds is 6. The molecule has 1 saturated heterocycles. The quantitative estimate of drug-likeness (QED) is 0.619. The Hall–Kier alpha value is -3.29. The van der Waals surface area contributed by atoms with E-state index in [2.05, 4.69) is 19.9 Å². The molecular formula is C23H24FN5O2. The third-order valence-corrected chi connectivity index (χ3v) is 6.14. The van der Waals surface area contributed by atoms with Crippen LogP contribution in [0, 0.1) is 11.7 Å². The highest BCUT2D eigenvalue weighted by Crippen LogP contribution is 2.36. The third kappa shape index (κ3) is 4.02. The number of piperazine rings is 1. The van der Waals surface area contributed by atoms with Crippen LogP contribution >= 0.6 is 0 Å². The monoisotopic (exact) mass is 421 g/mol. The molecule has 1 N–H and O–H groups in total. The molecule has 2 aliphatic rings. The number of amides is 1. The summed E-state index contributed by atoms with van der Waals surface area (Å²) in [5.41, 5.74) is 2.30. The average Bonchev–Trinajstić information content (AvgIpc) is 3.56. The summed E-state index contributed by atoms with van der Waals surface area (Å²) in [6.07, 6.45) is 6.17. The number of carbonyl (C=O) groups excluding carboxylic acids is 2. The number of anilines is 1. The van der Waals surface area contributed by atoms with Gasteiger partial charge in [-0.1, -0.05) is 12.1 Å². The van der Waals surface area contributed by atoms with Gasteiger partial charge in [0.1, 0.15) is 23.6 Å². The van der Waals surface area contributed by atoms with Gasteiger partial charge in [-0.15, -0.1) is 0 Å². The van der Waals surface area contributed by atoms with E-state index in [1.165, 1.54) is 18.5 Å². The Balaban J connectivity index is 1.24. The summed E-state index contributed by atoms with van der Waals surface area (Å²) < 4.78 is 13.0. The van der Waals surface area contributed by atoms with Crippen LogP contribution in [0.3, 0.4) is 0 Å². The molecule has 3 aromatic rings. The van der Waals surface area contributed by atoms with Crippen LogP contribution in [0.15, 0.2) is 36.8 Å². The van der Waals surface area contributed by atoms with Crippen molar-refractivity contribution >= 4 is 28.5 Å². The number of hydrogen-bond donors (Lipinski definition) is 1. The molecule has 2 fully saturated rings. The zero-order chi connectivity index (χ0) is 21.4. The third-order valence-electron chi connectivity index (χ3n) is 6.14. The van der Waals surface area contributed by atoms with Crippen molar-refractivity contribution < 1.29 is 14.0 Å². The molecule has 5 rings (SSSR count). The second-order valence-electron chi connectivity index (χ2n) is 8.26. The number of nitrogens with zero attached hydrogens (tertiary/aromatic N) is 4. The van der Waals surface area contributed by atoms with E-state index in [1.807, 2.05) is 4.90 Å². The Kier molecular flexibility index (Phi) is 5.13. The van der Waals surface area contributed by atoms with Gasteiger partial charge in [-0.2, -0.15) is 0 Å². The Morgan fingerprint density at radius 2 is 1.81 bits per heavy atom. The Morgan fingerprint density at radius 1 is 1.06 bits per heavy atom. The van der Waals surface area contributed by atoms with Crippen molar-refractivity contribution in [2.45, 2.75) is 25.7 Å². The maximum Gasteiger partial charge on any atom is 0.223 e. The first kappa shape index (κ1) is 19.7. The molecule has 1 aliphatic heterocycles. The summed E-state index contributed by atoms with van der Waals surface area (Å²) in [7, 11) is 0. The van der Waals surface area contributed by atoms with Gasteiger partial charge in [0.15, 0.2) is 5.78 Å². The summed E-state index contributed by atoms with van der Waals surface area (Å²) in [4.78, 5) is 41.2. The van der Waals surface area contributed by atoms with Gasteiger partial charge in [0.05, 0.1) is 5.39 Å². The highest BCUT2D eigenvalue weighted by atomic mass is 19.1. The predicted molar refractivity (Wildman–Crippen MR) is 114 cm³/mol. The molecule has 2 aromatic heterocycles. The first-order valence-electron chi connectivity index (χ1n) is 10.7. The van der Waals surface area contributed by atoms with E-state index in [-0.39, 0.29) is 23.4 Å². The summed E-state index contributed by atoms with van der Waals surface area (Å²) in [5.74, 6) is 0.880. The number of aryl methyl sites for hydroxylation is 1. The highest BCUT2D eigenvalue weighted by Gasteiger charge is 2.33. The number of Topliss-reactive ketones (excluding diaryl/α,β-unsaturated/α-hetero) is 1.